The number of carbonyl (C=O) groups is 1. The van der Waals surface area contributed by atoms with Crippen LogP contribution in [0.25, 0.3) is 10.9 Å². The Morgan fingerprint density at radius 2 is 2.05 bits per heavy atom. The van der Waals surface area contributed by atoms with E-state index < -0.39 is 11.6 Å². The zero-order valence-corrected chi connectivity index (χ0v) is 11.5. The molecule has 0 unspecified atom stereocenters. The number of piperidine rings is 1. The van der Waals surface area contributed by atoms with Crippen LogP contribution < -0.4 is 5.32 Å². The SMILES string of the molecule is O=C(CN1CCCCC1)Nc1n[nH]c2c(F)c(F)ccc12. The van der Waals surface area contributed by atoms with Crippen molar-refractivity contribution in [1.29, 1.82) is 0 Å². The number of amides is 1. The van der Waals surface area contributed by atoms with Crippen molar-refractivity contribution in [2.24, 2.45) is 0 Å². The number of H-pyrrole nitrogens is 1. The molecule has 1 saturated heterocycles. The highest BCUT2D eigenvalue weighted by Gasteiger charge is 2.17. The van der Waals surface area contributed by atoms with Crippen molar-refractivity contribution in [2.45, 2.75) is 19.3 Å². The van der Waals surface area contributed by atoms with E-state index in [4.69, 9.17) is 0 Å². The van der Waals surface area contributed by atoms with Crippen molar-refractivity contribution >= 4 is 22.6 Å². The fourth-order valence-corrected chi connectivity index (χ4v) is 2.62. The molecule has 1 fully saturated rings. The maximum absolute atomic E-state index is 13.6. The second kappa shape index (κ2) is 5.77. The Morgan fingerprint density at radius 1 is 1.29 bits per heavy atom. The van der Waals surface area contributed by atoms with Gasteiger partial charge in [0.2, 0.25) is 5.91 Å². The van der Waals surface area contributed by atoms with Gasteiger partial charge in [-0.2, -0.15) is 5.10 Å². The number of rotatable bonds is 3. The van der Waals surface area contributed by atoms with Crippen LogP contribution in [-0.4, -0.2) is 40.6 Å². The van der Waals surface area contributed by atoms with Crippen LogP contribution in [0.4, 0.5) is 14.6 Å². The summed E-state index contributed by atoms with van der Waals surface area (Å²) in [5.74, 6) is -1.91. The topological polar surface area (TPSA) is 61.0 Å². The molecule has 1 aromatic heterocycles. The van der Waals surface area contributed by atoms with E-state index in [0.717, 1.165) is 32.0 Å². The first-order valence-corrected chi connectivity index (χ1v) is 6.99. The molecule has 1 amide bonds. The molecule has 1 aliphatic rings. The molecule has 2 N–H and O–H groups in total. The number of halogens is 2. The summed E-state index contributed by atoms with van der Waals surface area (Å²) in [7, 11) is 0. The summed E-state index contributed by atoms with van der Waals surface area (Å²) in [5.41, 5.74) is -0.0386. The molecule has 21 heavy (non-hydrogen) atoms. The molecule has 3 rings (SSSR count). The van der Waals surface area contributed by atoms with Crippen molar-refractivity contribution in [3.05, 3.63) is 23.8 Å². The number of carbonyl (C=O) groups excluding carboxylic acids is 1. The standard InChI is InChI=1S/C14H16F2N4O/c15-10-5-4-9-13(12(10)16)18-19-14(9)17-11(21)8-20-6-2-1-3-7-20/h4-5H,1-3,6-8H2,(H2,17,18,19,21). The lowest BCUT2D eigenvalue weighted by Gasteiger charge is -2.25. The summed E-state index contributed by atoms with van der Waals surface area (Å²) in [6.45, 7) is 2.11. The van der Waals surface area contributed by atoms with Crippen LogP contribution in [0.1, 0.15) is 19.3 Å². The van der Waals surface area contributed by atoms with Gasteiger partial charge < -0.3 is 5.32 Å². The van der Waals surface area contributed by atoms with Gasteiger partial charge in [0.15, 0.2) is 17.5 Å². The van der Waals surface area contributed by atoms with E-state index in [1.54, 1.807) is 0 Å². The van der Waals surface area contributed by atoms with E-state index >= 15 is 0 Å². The molecule has 2 heterocycles. The van der Waals surface area contributed by atoms with E-state index in [-0.39, 0.29) is 23.8 Å². The van der Waals surface area contributed by atoms with Crippen LogP contribution in [0.2, 0.25) is 0 Å². The van der Waals surface area contributed by atoms with Gasteiger partial charge in [-0.3, -0.25) is 14.8 Å². The van der Waals surface area contributed by atoms with E-state index in [2.05, 4.69) is 20.4 Å². The van der Waals surface area contributed by atoms with Crippen LogP contribution in [0.15, 0.2) is 12.1 Å². The molecule has 1 aliphatic heterocycles. The minimum Gasteiger partial charge on any atom is -0.308 e. The fourth-order valence-electron chi connectivity index (χ4n) is 2.62. The maximum atomic E-state index is 13.6. The Morgan fingerprint density at radius 3 is 2.81 bits per heavy atom. The molecule has 7 heteroatoms. The molecule has 0 atom stereocenters. The van der Waals surface area contributed by atoms with E-state index in [1.165, 1.54) is 12.5 Å². The summed E-state index contributed by atoms with van der Waals surface area (Å²) in [6.07, 6.45) is 3.40. The van der Waals surface area contributed by atoms with Gasteiger partial charge in [-0.05, 0) is 38.1 Å². The summed E-state index contributed by atoms with van der Waals surface area (Å²) < 4.78 is 26.7. The van der Waals surface area contributed by atoms with E-state index in [9.17, 15) is 13.6 Å². The van der Waals surface area contributed by atoms with Gasteiger partial charge in [0.25, 0.3) is 0 Å². The van der Waals surface area contributed by atoms with Gasteiger partial charge in [0, 0.05) is 5.39 Å². The minimum absolute atomic E-state index is 0.0386. The minimum atomic E-state index is -0.989. The first-order valence-electron chi connectivity index (χ1n) is 6.99. The highest BCUT2D eigenvalue weighted by Crippen LogP contribution is 2.24. The summed E-state index contributed by atoms with van der Waals surface area (Å²) in [4.78, 5) is 14.1. The Balaban J connectivity index is 1.72. The Hall–Kier alpha value is -2.02. The lowest BCUT2D eigenvalue weighted by molar-refractivity contribution is -0.117. The van der Waals surface area contributed by atoms with Crippen molar-refractivity contribution < 1.29 is 13.6 Å². The zero-order chi connectivity index (χ0) is 14.8. The van der Waals surface area contributed by atoms with Crippen LogP contribution in [0, 0.1) is 11.6 Å². The molecule has 0 radical (unpaired) electrons. The molecular formula is C14H16F2N4O. The number of aromatic amines is 1. The van der Waals surface area contributed by atoms with Gasteiger partial charge in [-0.25, -0.2) is 8.78 Å². The van der Waals surface area contributed by atoms with Gasteiger partial charge in [-0.1, -0.05) is 6.42 Å². The maximum Gasteiger partial charge on any atom is 0.239 e. The highest BCUT2D eigenvalue weighted by atomic mass is 19.2. The van der Waals surface area contributed by atoms with E-state index in [0.29, 0.717) is 5.39 Å². The fraction of sp³-hybridized carbons (Fsp3) is 0.429. The smallest absolute Gasteiger partial charge is 0.239 e. The molecule has 1 aromatic carbocycles. The Bertz CT molecular complexity index is 664. The van der Waals surface area contributed by atoms with Crippen molar-refractivity contribution in [3.8, 4) is 0 Å². The monoisotopic (exact) mass is 294 g/mol. The second-order valence-corrected chi connectivity index (χ2v) is 5.24. The predicted molar refractivity (Wildman–Crippen MR) is 74.9 cm³/mol. The largest absolute Gasteiger partial charge is 0.308 e. The molecule has 0 aliphatic carbocycles. The van der Waals surface area contributed by atoms with Crippen LogP contribution in [-0.2, 0) is 4.79 Å². The number of hydrogen-bond acceptors (Lipinski definition) is 3. The average molecular weight is 294 g/mol. The average Bonchev–Trinajstić information content (AvgIpc) is 2.87. The Kier molecular flexibility index (Phi) is 3.83. The molecule has 112 valence electrons. The van der Waals surface area contributed by atoms with Crippen molar-refractivity contribution in [1.82, 2.24) is 15.1 Å². The normalized spacial score (nSPS) is 16.3. The number of nitrogens with zero attached hydrogens (tertiary/aromatic N) is 2. The van der Waals surface area contributed by atoms with Gasteiger partial charge >= 0.3 is 0 Å². The molecule has 0 saturated carbocycles. The number of likely N-dealkylation sites (tertiary alicyclic amines) is 1. The van der Waals surface area contributed by atoms with Gasteiger partial charge in [0.05, 0.1) is 6.54 Å². The second-order valence-electron chi connectivity index (χ2n) is 5.24. The third kappa shape index (κ3) is 2.87. The number of aromatic nitrogens is 2. The number of nitrogens with one attached hydrogen (secondary N) is 2. The number of benzene rings is 1. The van der Waals surface area contributed by atoms with Crippen molar-refractivity contribution in [3.63, 3.8) is 0 Å². The van der Waals surface area contributed by atoms with E-state index in [1.807, 2.05) is 0 Å². The predicted octanol–water partition coefficient (Wildman–Crippen LogP) is 2.27. The van der Waals surface area contributed by atoms with Crippen LogP contribution in [0.5, 0.6) is 0 Å². The number of hydrogen-bond donors (Lipinski definition) is 2. The molecule has 5 nitrogen and oxygen atoms in total. The number of anilines is 1. The first-order chi connectivity index (χ1) is 10.1. The number of fused-ring (bicyclic) bond motifs is 1. The lowest BCUT2D eigenvalue weighted by atomic mass is 10.1. The van der Waals surface area contributed by atoms with Crippen molar-refractivity contribution in [2.75, 3.05) is 25.0 Å². The zero-order valence-electron chi connectivity index (χ0n) is 11.5. The summed E-state index contributed by atoms with van der Waals surface area (Å²) >= 11 is 0. The molecule has 0 spiro atoms. The first kappa shape index (κ1) is 13.9. The van der Waals surface area contributed by atoms with Gasteiger partial charge in [-0.15, -0.1) is 0 Å². The quantitative estimate of drug-likeness (QED) is 0.913. The summed E-state index contributed by atoms with van der Waals surface area (Å²) in [6, 6.07) is 2.42. The Labute approximate surface area is 120 Å². The summed E-state index contributed by atoms with van der Waals surface area (Å²) in [5, 5.41) is 9.27. The third-order valence-electron chi connectivity index (χ3n) is 3.70. The van der Waals surface area contributed by atoms with Gasteiger partial charge in [0.1, 0.15) is 5.52 Å². The molecular weight excluding hydrogens is 278 g/mol. The highest BCUT2D eigenvalue weighted by molar-refractivity contribution is 6.00. The molecule has 2 aromatic rings. The lowest BCUT2D eigenvalue weighted by Crippen LogP contribution is -2.36. The molecule has 0 bridgehead atoms. The third-order valence-corrected chi connectivity index (χ3v) is 3.70. The van der Waals surface area contributed by atoms with Crippen LogP contribution in [0.3, 0.4) is 0 Å². The van der Waals surface area contributed by atoms with Crippen LogP contribution >= 0.6 is 0 Å².